The van der Waals surface area contributed by atoms with Crippen molar-refractivity contribution in [1.82, 2.24) is 0 Å². The normalized spacial score (nSPS) is 13.9. The standard InChI is InChI=1S/C59H43N3/c60-55(39-56(61-40-41-17-4-1-5-18-41)44-33-31-43(32-34-44)42-19-6-2-7-20-42)47-22-16-21-45(37-47)46-35-36-50-49-25-10-11-26-51(49)59(54(50)38-46)52-27-12-14-29-57(52)62(48-23-8-3-9-24-48)58-30-15-13-28-53(58)59/h1-40,56H,60H2/b55-39-,61-40?. The maximum Gasteiger partial charge on any atom is 0.0953 e. The van der Waals surface area contributed by atoms with Crippen molar-refractivity contribution in [3.63, 3.8) is 0 Å². The fraction of sp³-hybridized carbons (Fsp3) is 0.0339. The third kappa shape index (κ3) is 6.26. The third-order valence-electron chi connectivity index (χ3n) is 12.6. The second kappa shape index (κ2) is 15.5. The molecular formula is C59H43N3. The SMILES string of the molecule is N/C(=C\C(N=Cc1ccccc1)c1ccc(-c2ccccc2)cc1)c1cccc(-c2ccc3c(c2)C2(c4ccccc4-3)c3ccccc3N(c3ccccc3)c3ccccc32)c1. The highest BCUT2D eigenvalue weighted by Crippen LogP contribution is 2.63. The van der Waals surface area contributed by atoms with Gasteiger partial charge in [0.05, 0.1) is 22.8 Å². The van der Waals surface area contributed by atoms with Gasteiger partial charge in [-0.3, -0.25) is 4.99 Å². The van der Waals surface area contributed by atoms with E-state index in [2.05, 4.69) is 217 Å². The van der Waals surface area contributed by atoms with Crippen molar-refractivity contribution in [2.24, 2.45) is 10.7 Å². The van der Waals surface area contributed by atoms with Crippen LogP contribution >= 0.6 is 0 Å². The average molecular weight is 794 g/mol. The summed E-state index contributed by atoms with van der Waals surface area (Å²) < 4.78 is 0. The summed E-state index contributed by atoms with van der Waals surface area (Å²) in [7, 11) is 0. The van der Waals surface area contributed by atoms with E-state index in [4.69, 9.17) is 10.7 Å². The Bertz CT molecular complexity index is 3080. The molecule has 294 valence electrons. The monoisotopic (exact) mass is 793 g/mol. The van der Waals surface area contributed by atoms with E-state index < -0.39 is 5.41 Å². The number of rotatable bonds is 8. The summed E-state index contributed by atoms with van der Waals surface area (Å²) in [5.74, 6) is 0. The van der Waals surface area contributed by atoms with Crippen LogP contribution in [0, 0.1) is 0 Å². The number of aliphatic imine (C=N–C) groups is 1. The van der Waals surface area contributed by atoms with Gasteiger partial charge in [0.15, 0.2) is 0 Å². The first-order chi connectivity index (χ1) is 30.7. The predicted octanol–water partition coefficient (Wildman–Crippen LogP) is 14.3. The minimum absolute atomic E-state index is 0.288. The Hall–Kier alpha value is -8.01. The van der Waals surface area contributed by atoms with Crippen LogP contribution in [0.1, 0.15) is 45.0 Å². The zero-order valence-electron chi connectivity index (χ0n) is 34.1. The first kappa shape index (κ1) is 37.0. The van der Waals surface area contributed by atoms with Gasteiger partial charge in [0.2, 0.25) is 0 Å². The highest BCUT2D eigenvalue weighted by atomic mass is 15.2. The minimum Gasteiger partial charge on any atom is -0.398 e. The topological polar surface area (TPSA) is 41.6 Å². The molecule has 1 spiro atoms. The van der Waals surface area contributed by atoms with Gasteiger partial charge < -0.3 is 10.6 Å². The zero-order valence-corrected chi connectivity index (χ0v) is 34.1. The molecule has 0 aromatic heterocycles. The van der Waals surface area contributed by atoms with Crippen molar-refractivity contribution < 1.29 is 0 Å². The largest absolute Gasteiger partial charge is 0.398 e. The first-order valence-electron chi connectivity index (χ1n) is 21.3. The molecule has 2 aliphatic rings. The van der Waals surface area contributed by atoms with E-state index in [1.165, 1.54) is 50.3 Å². The highest BCUT2D eigenvalue weighted by Gasteiger charge is 2.51. The molecule has 3 heteroatoms. The minimum atomic E-state index is -0.531. The Kier molecular flexibility index (Phi) is 9.28. The summed E-state index contributed by atoms with van der Waals surface area (Å²) in [5.41, 5.74) is 26.0. The van der Waals surface area contributed by atoms with Crippen LogP contribution in [0.4, 0.5) is 17.1 Å². The smallest absolute Gasteiger partial charge is 0.0953 e. The lowest BCUT2D eigenvalue weighted by Crippen LogP contribution is -2.36. The maximum atomic E-state index is 7.08. The van der Waals surface area contributed by atoms with E-state index in [9.17, 15) is 0 Å². The maximum absolute atomic E-state index is 7.08. The number of nitrogens with zero attached hydrogens (tertiary/aromatic N) is 2. The van der Waals surface area contributed by atoms with Crippen LogP contribution in [0.5, 0.6) is 0 Å². The average Bonchev–Trinajstić information content (AvgIpc) is 3.64. The molecule has 2 N–H and O–H groups in total. The second-order valence-corrected chi connectivity index (χ2v) is 16.1. The molecule has 9 aromatic carbocycles. The molecule has 0 fully saturated rings. The predicted molar refractivity (Wildman–Crippen MR) is 258 cm³/mol. The van der Waals surface area contributed by atoms with Gasteiger partial charge >= 0.3 is 0 Å². The van der Waals surface area contributed by atoms with Crippen LogP contribution in [-0.2, 0) is 5.41 Å². The molecule has 1 atom stereocenters. The van der Waals surface area contributed by atoms with Crippen molar-refractivity contribution in [3.05, 3.63) is 276 Å². The number of hydrogen-bond acceptors (Lipinski definition) is 3. The molecule has 1 aliphatic heterocycles. The lowest BCUT2D eigenvalue weighted by Gasteiger charge is -2.45. The molecule has 62 heavy (non-hydrogen) atoms. The number of hydrogen-bond donors (Lipinski definition) is 1. The van der Waals surface area contributed by atoms with E-state index in [0.717, 1.165) is 39.1 Å². The Morgan fingerprint density at radius 2 is 0.984 bits per heavy atom. The second-order valence-electron chi connectivity index (χ2n) is 16.1. The summed E-state index contributed by atoms with van der Waals surface area (Å²) in [6, 6.07) is 82.3. The molecule has 0 saturated carbocycles. The van der Waals surface area contributed by atoms with Crippen LogP contribution in [0.15, 0.2) is 242 Å². The molecule has 3 nitrogen and oxygen atoms in total. The van der Waals surface area contributed by atoms with Gasteiger partial charge in [0.25, 0.3) is 0 Å². The van der Waals surface area contributed by atoms with Gasteiger partial charge in [-0.15, -0.1) is 0 Å². The summed E-state index contributed by atoms with van der Waals surface area (Å²) in [6.07, 6.45) is 4.02. The van der Waals surface area contributed by atoms with Crippen LogP contribution in [0.2, 0.25) is 0 Å². The van der Waals surface area contributed by atoms with E-state index in [-0.39, 0.29) is 6.04 Å². The summed E-state index contributed by atoms with van der Waals surface area (Å²) in [5, 5.41) is 0. The van der Waals surface area contributed by atoms with E-state index in [0.29, 0.717) is 5.70 Å². The lowest BCUT2D eigenvalue weighted by molar-refractivity contribution is 0.753. The molecule has 0 radical (unpaired) electrons. The van der Waals surface area contributed by atoms with Gasteiger partial charge in [-0.05, 0) is 115 Å². The van der Waals surface area contributed by atoms with Crippen molar-refractivity contribution in [2.45, 2.75) is 11.5 Å². The lowest BCUT2D eigenvalue weighted by atomic mass is 9.64. The first-order valence-corrected chi connectivity index (χ1v) is 21.3. The van der Waals surface area contributed by atoms with Crippen LogP contribution < -0.4 is 10.6 Å². The van der Waals surface area contributed by atoms with Crippen molar-refractivity contribution in [2.75, 3.05) is 4.90 Å². The fourth-order valence-corrected chi connectivity index (χ4v) is 9.72. The van der Waals surface area contributed by atoms with Crippen LogP contribution in [-0.4, -0.2) is 6.21 Å². The van der Waals surface area contributed by atoms with E-state index in [1.807, 2.05) is 30.5 Å². The number of fused-ring (bicyclic) bond motifs is 9. The number of nitrogens with two attached hydrogens (primary N) is 1. The molecule has 9 aromatic rings. The van der Waals surface area contributed by atoms with Gasteiger partial charge in [-0.25, -0.2) is 0 Å². The number of anilines is 3. The molecule has 1 aliphatic carbocycles. The Morgan fingerprint density at radius 1 is 0.452 bits per heavy atom. The Morgan fingerprint density at radius 3 is 1.69 bits per heavy atom. The molecule has 1 heterocycles. The van der Waals surface area contributed by atoms with Crippen molar-refractivity contribution in [3.8, 4) is 33.4 Å². The van der Waals surface area contributed by atoms with Gasteiger partial charge in [-0.1, -0.05) is 194 Å². The number of benzene rings is 9. The Labute approximate surface area is 363 Å². The molecule has 0 saturated heterocycles. The highest BCUT2D eigenvalue weighted by molar-refractivity contribution is 5.96. The van der Waals surface area contributed by atoms with Gasteiger partial charge in [0.1, 0.15) is 0 Å². The van der Waals surface area contributed by atoms with Crippen molar-refractivity contribution >= 4 is 29.0 Å². The molecule has 0 bridgehead atoms. The van der Waals surface area contributed by atoms with E-state index >= 15 is 0 Å². The van der Waals surface area contributed by atoms with Crippen LogP contribution in [0.25, 0.3) is 39.1 Å². The molecule has 1 unspecified atom stereocenters. The third-order valence-corrected chi connectivity index (χ3v) is 12.6. The summed E-state index contributed by atoms with van der Waals surface area (Å²) in [4.78, 5) is 7.52. The van der Waals surface area contributed by atoms with E-state index in [1.54, 1.807) is 0 Å². The number of para-hydroxylation sites is 3. The zero-order chi connectivity index (χ0) is 41.5. The van der Waals surface area contributed by atoms with Gasteiger partial charge in [0, 0.05) is 17.6 Å². The van der Waals surface area contributed by atoms with Gasteiger partial charge in [-0.2, -0.15) is 0 Å². The summed E-state index contributed by atoms with van der Waals surface area (Å²) in [6.45, 7) is 0. The van der Waals surface area contributed by atoms with Crippen molar-refractivity contribution in [1.29, 1.82) is 0 Å². The summed E-state index contributed by atoms with van der Waals surface area (Å²) >= 11 is 0. The molecule has 11 rings (SSSR count). The fourth-order valence-electron chi connectivity index (χ4n) is 9.72. The molecular weight excluding hydrogens is 751 g/mol. The quantitative estimate of drug-likeness (QED) is 0.156. The Balaban J connectivity index is 1.02. The van der Waals surface area contributed by atoms with Crippen LogP contribution in [0.3, 0.4) is 0 Å². The molecule has 0 amide bonds.